The molecule has 0 saturated heterocycles. The smallest absolute Gasteiger partial charge is 0.278 e. The fourth-order valence-electron chi connectivity index (χ4n) is 1.38. The normalized spacial score (nSPS) is 9.40. The fourth-order valence-corrected chi connectivity index (χ4v) is 1.49. The van der Waals surface area contributed by atoms with Gasteiger partial charge in [0.15, 0.2) is 4.99 Å². The van der Waals surface area contributed by atoms with Crippen molar-refractivity contribution < 1.29 is 17.4 Å². The minimum Gasteiger partial charge on any atom is -1.00 e. The van der Waals surface area contributed by atoms with Gasteiger partial charge in [0.1, 0.15) is 5.52 Å². The molecule has 2 N–H and O–H groups in total. The molecule has 0 aliphatic carbocycles. The number of benzene rings is 1. The number of hydrogen-bond acceptors (Lipinski definition) is 1. The number of thiocarbonyl (C=S) groups is 1. The molecule has 1 aromatic heterocycles. The lowest BCUT2D eigenvalue weighted by atomic mass is 10.2. The van der Waals surface area contributed by atoms with Crippen molar-refractivity contribution in [3.05, 3.63) is 36.4 Å². The van der Waals surface area contributed by atoms with E-state index in [4.69, 9.17) is 12.2 Å². The first-order chi connectivity index (χ1) is 6.75. The van der Waals surface area contributed by atoms with Crippen molar-refractivity contribution in [1.29, 1.82) is 0 Å². The summed E-state index contributed by atoms with van der Waals surface area (Å²) in [4.78, 5) is 4.02. The average Bonchev–Trinajstić information content (AvgIpc) is 2.17. The van der Waals surface area contributed by atoms with Gasteiger partial charge in [-0.2, -0.15) is 0 Å². The highest BCUT2D eigenvalue weighted by Gasteiger charge is 2.03. The highest BCUT2D eigenvalue weighted by Crippen LogP contribution is 2.10. The van der Waals surface area contributed by atoms with E-state index in [2.05, 4.69) is 22.4 Å². The topological polar surface area (TPSA) is 26.2 Å². The summed E-state index contributed by atoms with van der Waals surface area (Å²) in [7, 11) is 0. The zero-order valence-corrected chi connectivity index (χ0v) is 9.82. The van der Waals surface area contributed by atoms with E-state index in [0.717, 1.165) is 16.3 Å². The lowest BCUT2D eigenvalue weighted by molar-refractivity contribution is -0.326. The van der Waals surface area contributed by atoms with Crippen molar-refractivity contribution in [3.8, 4) is 0 Å². The monoisotopic (exact) mass is 238 g/mol. The first kappa shape index (κ1) is 11.9. The number of H-pyrrole nitrogens is 1. The Morgan fingerprint density at radius 1 is 1.20 bits per heavy atom. The molecule has 4 heteroatoms. The number of para-hydroxylation sites is 1. The molecule has 0 aliphatic heterocycles. The Morgan fingerprint density at radius 3 is 2.67 bits per heavy atom. The zero-order chi connectivity index (χ0) is 9.97. The van der Waals surface area contributed by atoms with Gasteiger partial charge >= 0.3 is 0 Å². The van der Waals surface area contributed by atoms with Gasteiger partial charge in [0, 0.05) is 18.4 Å². The third kappa shape index (κ3) is 2.88. The third-order valence-electron chi connectivity index (χ3n) is 1.97. The van der Waals surface area contributed by atoms with Gasteiger partial charge in [0.05, 0.1) is 0 Å². The molecule has 15 heavy (non-hydrogen) atoms. The Bertz CT molecular complexity index is 485. The van der Waals surface area contributed by atoms with E-state index < -0.39 is 0 Å². The van der Waals surface area contributed by atoms with Gasteiger partial charge in [-0.25, -0.2) is 10.3 Å². The summed E-state index contributed by atoms with van der Waals surface area (Å²) in [6.45, 7) is 1.86. The summed E-state index contributed by atoms with van der Waals surface area (Å²) in [5.74, 6) is 0.927. The maximum absolute atomic E-state index is 4.97. The lowest BCUT2D eigenvalue weighted by Gasteiger charge is -1.97. The summed E-state index contributed by atoms with van der Waals surface area (Å²) >= 11 is 4.97. The first-order valence-corrected chi connectivity index (χ1v) is 4.85. The lowest BCUT2D eigenvalue weighted by Crippen LogP contribution is -3.00. The molecular formula is C11H11ClN2S. The number of aromatic amines is 1. The van der Waals surface area contributed by atoms with Crippen LogP contribution in [0.4, 0.5) is 5.82 Å². The van der Waals surface area contributed by atoms with E-state index in [1.165, 1.54) is 5.39 Å². The van der Waals surface area contributed by atoms with Gasteiger partial charge in [0.25, 0.3) is 5.82 Å². The minimum atomic E-state index is 0. The van der Waals surface area contributed by atoms with Crippen LogP contribution >= 0.6 is 12.2 Å². The van der Waals surface area contributed by atoms with Gasteiger partial charge < -0.3 is 12.4 Å². The maximum Gasteiger partial charge on any atom is 0.278 e. The largest absolute Gasteiger partial charge is 1.00 e. The van der Waals surface area contributed by atoms with Crippen LogP contribution in [0.5, 0.6) is 0 Å². The highest BCUT2D eigenvalue weighted by molar-refractivity contribution is 7.80. The summed E-state index contributed by atoms with van der Waals surface area (Å²) in [5.41, 5.74) is 1.11. The van der Waals surface area contributed by atoms with Crippen LogP contribution in [-0.2, 0) is 0 Å². The zero-order valence-electron chi connectivity index (χ0n) is 8.25. The first-order valence-electron chi connectivity index (χ1n) is 4.44. The second kappa shape index (κ2) is 5.05. The Balaban J connectivity index is 0.00000112. The SMILES string of the molecule is CC(=S)Nc1ccc2ccccc2[nH+]1.[Cl-]. The Hall–Kier alpha value is -1.19. The molecule has 2 aromatic rings. The molecule has 78 valence electrons. The number of anilines is 1. The van der Waals surface area contributed by atoms with Crippen LogP contribution in [0.25, 0.3) is 10.9 Å². The second-order valence-electron chi connectivity index (χ2n) is 3.14. The number of halogens is 1. The summed E-state index contributed by atoms with van der Waals surface area (Å²) < 4.78 is 0. The predicted octanol–water partition coefficient (Wildman–Crippen LogP) is -0.583. The summed E-state index contributed by atoms with van der Waals surface area (Å²) in [6.07, 6.45) is 0. The van der Waals surface area contributed by atoms with E-state index in [1.807, 2.05) is 31.2 Å². The maximum atomic E-state index is 4.97. The summed E-state index contributed by atoms with van der Waals surface area (Å²) in [6, 6.07) is 12.2. The van der Waals surface area contributed by atoms with Crippen LogP contribution in [0.2, 0.25) is 0 Å². The number of nitrogens with one attached hydrogen (secondary N) is 2. The fraction of sp³-hybridized carbons (Fsp3) is 0.0909. The van der Waals surface area contributed by atoms with E-state index in [9.17, 15) is 0 Å². The van der Waals surface area contributed by atoms with Gasteiger partial charge in [-0.15, -0.1) is 0 Å². The standard InChI is InChI=1S/C11H10N2S.ClH/c1-8(14)12-11-7-6-9-4-2-3-5-10(9)13-11;/h2-7H,1H3,(H,12,13,14);1H. The predicted molar refractivity (Wildman–Crippen MR) is 62.4 cm³/mol. The highest BCUT2D eigenvalue weighted by atomic mass is 35.5. The molecule has 0 radical (unpaired) electrons. The molecule has 1 heterocycles. The van der Waals surface area contributed by atoms with Crippen LogP contribution in [0, 0.1) is 0 Å². The van der Waals surface area contributed by atoms with Crippen molar-refractivity contribution in [2.75, 3.05) is 5.32 Å². The minimum absolute atomic E-state index is 0. The third-order valence-corrected chi connectivity index (χ3v) is 2.07. The van der Waals surface area contributed by atoms with Crippen molar-refractivity contribution in [2.24, 2.45) is 0 Å². The van der Waals surface area contributed by atoms with Crippen LogP contribution in [0.3, 0.4) is 0 Å². The molecule has 0 atom stereocenters. The average molecular weight is 239 g/mol. The molecular weight excluding hydrogens is 228 g/mol. The van der Waals surface area contributed by atoms with Crippen LogP contribution in [0.1, 0.15) is 6.92 Å². The number of hydrogen-bond donors (Lipinski definition) is 1. The quantitative estimate of drug-likeness (QED) is 0.673. The molecule has 0 spiro atoms. The molecule has 1 aromatic carbocycles. The van der Waals surface area contributed by atoms with Gasteiger partial charge in [-0.1, -0.05) is 18.2 Å². The molecule has 0 aliphatic rings. The molecule has 0 unspecified atom stereocenters. The Morgan fingerprint density at radius 2 is 1.93 bits per heavy atom. The molecule has 0 bridgehead atoms. The van der Waals surface area contributed by atoms with Gasteiger partial charge in [0.2, 0.25) is 0 Å². The number of pyridine rings is 1. The molecule has 0 fully saturated rings. The van der Waals surface area contributed by atoms with Crippen molar-refractivity contribution in [2.45, 2.75) is 6.92 Å². The molecule has 2 nitrogen and oxygen atoms in total. The van der Waals surface area contributed by atoms with E-state index >= 15 is 0 Å². The van der Waals surface area contributed by atoms with Gasteiger partial charge in [-0.05, 0) is 24.4 Å². The van der Waals surface area contributed by atoms with Crippen molar-refractivity contribution >= 4 is 33.9 Å². The van der Waals surface area contributed by atoms with E-state index in [-0.39, 0.29) is 12.4 Å². The van der Waals surface area contributed by atoms with Crippen LogP contribution in [0.15, 0.2) is 36.4 Å². The number of rotatable bonds is 1. The van der Waals surface area contributed by atoms with E-state index in [0.29, 0.717) is 0 Å². The Labute approximate surface area is 100 Å². The Kier molecular flexibility index (Phi) is 4.00. The molecule has 0 amide bonds. The number of aromatic nitrogens is 1. The summed E-state index contributed by atoms with van der Waals surface area (Å²) in [5, 5.41) is 4.27. The van der Waals surface area contributed by atoms with Gasteiger partial charge in [-0.3, -0.25) is 0 Å². The van der Waals surface area contributed by atoms with E-state index in [1.54, 1.807) is 0 Å². The molecule has 2 rings (SSSR count). The molecule has 0 saturated carbocycles. The van der Waals surface area contributed by atoms with Crippen molar-refractivity contribution in [3.63, 3.8) is 0 Å². The second-order valence-corrected chi connectivity index (χ2v) is 3.75. The number of fused-ring (bicyclic) bond motifs is 1. The van der Waals surface area contributed by atoms with Crippen LogP contribution in [-0.4, -0.2) is 4.99 Å². The van der Waals surface area contributed by atoms with Crippen molar-refractivity contribution in [1.82, 2.24) is 0 Å². The van der Waals surface area contributed by atoms with Crippen LogP contribution < -0.4 is 22.7 Å².